The van der Waals surface area contributed by atoms with E-state index in [2.05, 4.69) is 15.6 Å². The first-order valence-corrected chi connectivity index (χ1v) is 12.0. The maximum absolute atomic E-state index is 13.4. The lowest BCUT2D eigenvalue weighted by Crippen LogP contribution is -2.67. The van der Waals surface area contributed by atoms with Crippen LogP contribution in [0.1, 0.15) is 29.8 Å². The Morgan fingerprint density at radius 1 is 1.21 bits per heavy atom. The molecule has 1 aliphatic heterocycles. The number of aliphatic carboxylic acids is 1. The zero-order valence-electron chi connectivity index (χ0n) is 18.5. The first-order valence-electron chi connectivity index (χ1n) is 10.8. The summed E-state index contributed by atoms with van der Waals surface area (Å²) in [6, 6.07) is 11.9. The van der Waals surface area contributed by atoms with Crippen LogP contribution in [0, 0.1) is 6.92 Å². The van der Waals surface area contributed by atoms with Gasteiger partial charge in [0.25, 0.3) is 0 Å². The van der Waals surface area contributed by atoms with Crippen LogP contribution < -0.4 is 10.6 Å². The fourth-order valence-electron chi connectivity index (χ4n) is 3.72. The van der Waals surface area contributed by atoms with Gasteiger partial charge < -0.3 is 10.4 Å². The Bertz CT molecular complexity index is 1220. The van der Waals surface area contributed by atoms with Gasteiger partial charge in [-0.1, -0.05) is 23.7 Å². The third-order valence-electron chi connectivity index (χ3n) is 5.38. The zero-order chi connectivity index (χ0) is 24.2. The number of aromatic nitrogens is 1. The van der Waals surface area contributed by atoms with E-state index in [-0.39, 0.29) is 19.5 Å². The normalized spacial score (nSPS) is 16.1. The van der Waals surface area contributed by atoms with Gasteiger partial charge in [-0.3, -0.25) is 15.0 Å². The van der Waals surface area contributed by atoms with Gasteiger partial charge in [0.2, 0.25) is 0 Å². The van der Waals surface area contributed by atoms with Crippen molar-refractivity contribution in [1.29, 1.82) is 0 Å². The van der Waals surface area contributed by atoms with E-state index in [1.54, 1.807) is 23.5 Å². The Morgan fingerprint density at radius 3 is 2.71 bits per heavy atom. The van der Waals surface area contributed by atoms with Gasteiger partial charge in [-0.2, -0.15) is 0 Å². The number of amides is 4. The zero-order valence-corrected chi connectivity index (χ0v) is 20.0. The van der Waals surface area contributed by atoms with Crippen molar-refractivity contribution in [3.8, 4) is 0 Å². The number of urea groups is 2. The predicted molar refractivity (Wildman–Crippen MR) is 131 cm³/mol. The molecule has 1 aromatic heterocycles. The van der Waals surface area contributed by atoms with Crippen LogP contribution in [-0.2, 0) is 11.3 Å². The number of hydrogen-bond acceptors (Lipinski definition) is 6. The molecular formula is C23H24ClN5O4S. The molecule has 2 heterocycles. The van der Waals surface area contributed by atoms with Crippen molar-refractivity contribution in [2.24, 2.45) is 0 Å². The molecule has 0 bridgehead atoms. The average Bonchev–Trinajstić information content (AvgIpc) is 3.16. The maximum atomic E-state index is 13.4. The number of unbranched alkanes of at least 4 members (excludes halogenated alkanes) is 1. The number of hydrogen-bond donors (Lipinski definition) is 3. The standard InChI is InChI=1S/C23H24ClN5O4S/c1-14-25-18-10-9-17(12-19(18)34-14)26-21-27-22(32)28(11-3-2-4-20(30)31)23(33)29(21)13-15-5-7-16(24)8-6-15/h5-10,12,21,26H,2-4,11,13H2,1H3,(H,27,32)(H,30,31). The summed E-state index contributed by atoms with van der Waals surface area (Å²) in [6.45, 7) is 2.31. The third kappa shape index (κ3) is 5.57. The number of carboxylic acids is 1. The first-order chi connectivity index (χ1) is 16.3. The van der Waals surface area contributed by atoms with E-state index in [4.69, 9.17) is 16.7 Å². The van der Waals surface area contributed by atoms with Crippen molar-refractivity contribution in [3.63, 3.8) is 0 Å². The van der Waals surface area contributed by atoms with E-state index < -0.39 is 24.3 Å². The lowest BCUT2D eigenvalue weighted by molar-refractivity contribution is -0.137. The van der Waals surface area contributed by atoms with Crippen LogP contribution >= 0.6 is 22.9 Å². The van der Waals surface area contributed by atoms with E-state index in [0.29, 0.717) is 17.9 Å². The summed E-state index contributed by atoms with van der Waals surface area (Å²) in [5.41, 5.74) is 2.48. The highest BCUT2D eigenvalue weighted by atomic mass is 35.5. The number of fused-ring (bicyclic) bond motifs is 1. The summed E-state index contributed by atoms with van der Waals surface area (Å²) >= 11 is 7.57. The van der Waals surface area contributed by atoms with Gasteiger partial charge in [-0.05, 0) is 55.7 Å². The number of thiazole rings is 1. The minimum absolute atomic E-state index is 0.0121. The molecule has 1 saturated heterocycles. The highest BCUT2D eigenvalue weighted by Gasteiger charge is 2.38. The summed E-state index contributed by atoms with van der Waals surface area (Å²) < 4.78 is 1.00. The average molecular weight is 502 g/mol. The summed E-state index contributed by atoms with van der Waals surface area (Å²) in [7, 11) is 0. The topological polar surface area (TPSA) is 115 Å². The van der Waals surface area contributed by atoms with E-state index in [0.717, 1.165) is 31.4 Å². The molecule has 3 aromatic rings. The van der Waals surface area contributed by atoms with Crippen molar-refractivity contribution in [2.45, 2.75) is 39.0 Å². The fourth-order valence-corrected chi connectivity index (χ4v) is 4.71. The quantitative estimate of drug-likeness (QED) is 0.361. The van der Waals surface area contributed by atoms with Crippen LogP contribution in [0.25, 0.3) is 10.2 Å². The number of halogens is 1. The SMILES string of the molecule is Cc1nc2ccc(NC3NC(=O)N(CCCCC(=O)O)C(=O)N3Cc3ccc(Cl)cc3)cc2s1. The number of aryl methyl sites for hydroxylation is 1. The molecule has 4 rings (SSSR count). The predicted octanol–water partition coefficient (Wildman–Crippen LogP) is 4.86. The molecule has 0 spiro atoms. The summed E-state index contributed by atoms with van der Waals surface area (Å²) in [4.78, 5) is 44.0. The van der Waals surface area contributed by atoms with Crippen LogP contribution in [0.15, 0.2) is 42.5 Å². The Hall–Kier alpha value is -3.37. The molecule has 2 aromatic carbocycles. The molecule has 0 radical (unpaired) electrons. The Kier molecular flexibility index (Phi) is 7.18. The van der Waals surface area contributed by atoms with Crippen LogP contribution in [-0.4, -0.2) is 50.8 Å². The van der Waals surface area contributed by atoms with Crippen molar-refractivity contribution < 1.29 is 19.5 Å². The second kappa shape index (κ2) is 10.3. The number of anilines is 1. The van der Waals surface area contributed by atoms with Crippen LogP contribution in [0.5, 0.6) is 0 Å². The molecule has 0 saturated carbocycles. The van der Waals surface area contributed by atoms with Gasteiger partial charge >= 0.3 is 18.0 Å². The Balaban J connectivity index is 1.55. The van der Waals surface area contributed by atoms with Gasteiger partial charge in [0.05, 0.1) is 21.8 Å². The lowest BCUT2D eigenvalue weighted by Gasteiger charge is -2.41. The minimum Gasteiger partial charge on any atom is -0.481 e. The van der Waals surface area contributed by atoms with E-state index in [1.807, 2.05) is 37.3 Å². The molecular weight excluding hydrogens is 478 g/mol. The Morgan fingerprint density at radius 2 is 1.97 bits per heavy atom. The lowest BCUT2D eigenvalue weighted by atomic mass is 10.2. The molecule has 1 atom stereocenters. The number of rotatable bonds is 9. The van der Waals surface area contributed by atoms with Crippen LogP contribution in [0.2, 0.25) is 5.02 Å². The number of carbonyl (C=O) groups excluding carboxylic acids is 2. The molecule has 0 aliphatic carbocycles. The van der Waals surface area contributed by atoms with E-state index >= 15 is 0 Å². The molecule has 4 amide bonds. The monoisotopic (exact) mass is 501 g/mol. The van der Waals surface area contributed by atoms with E-state index in [1.165, 1.54) is 4.90 Å². The summed E-state index contributed by atoms with van der Waals surface area (Å²) in [6.07, 6.45) is -0.0152. The fraction of sp³-hybridized carbons (Fsp3) is 0.304. The largest absolute Gasteiger partial charge is 0.481 e. The van der Waals surface area contributed by atoms with Gasteiger partial charge in [-0.25, -0.2) is 19.5 Å². The van der Waals surface area contributed by atoms with Crippen molar-refractivity contribution in [3.05, 3.63) is 58.1 Å². The summed E-state index contributed by atoms with van der Waals surface area (Å²) in [5.74, 6) is -0.906. The number of nitrogens with one attached hydrogen (secondary N) is 2. The van der Waals surface area contributed by atoms with Crippen LogP contribution in [0.4, 0.5) is 15.3 Å². The van der Waals surface area contributed by atoms with Gasteiger partial charge in [0, 0.05) is 23.7 Å². The molecule has 11 heteroatoms. The molecule has 3 N–H and O–H groups in total. The number of imide groups is 1. The third-order valence-corrected chi connectivity index (χ3v) is 6.57. The highest BCUT2D eigenvalue weighted by molar-refractivity contribution is 7.18. The van der Waals surface area contributed by atoms with Crippen LogP contribution in [0.3, 0.4) is 0 Å². The second-order valence-corrected chi connectivity index (χ2v) is 9.62. The van der Waals surface area contributed by atoms with Gasteiger partial charge in [0.15, 0.2) is 6.29 Å². The number of benzene rings is 2. The van der Waals surface area contributed by atoms with Gasteiger partial charge in [0.1, 0.15) is 0 Å². The molecule has 9 nitrogen and oxygen atoms in total. The highest BCUT2D eigenvalue weighted by Crippen LogP contribution is 2.26. The smallest absolute Gasteiger partial charge is 0.331 e. The maximum Gasteiger partial charge on any atom is 0.331 e. The molecule has 34 heavy (non-hydrogen) atoms. The molecule has 1 unspecified atom stereocenters. The Labute approximate surface area is 205 Å². The molecule has 1 aliphatic rings. The number of carbonyl (C=O) groups is 3. The second-order valence-electron chi connectivity index (χ2n) is 7.95. The number of carboxylic acid groups (broad SMARTS) is 1. The first kappa shape index (κ1) is 23.8. The summed E-state index contributed by atoms with van der Waals surface area (Å²) in [5, 5.41) is 16.5. The number of nitrogens with zero attached hydrogens (tertiary/aromatic N) is 3. The van der Waals surface area contributed by atoms with Crippen molar-refractivity contribution in [1.82, 2.24) is 20.1 Å². The van der Waals surface area contributed by atoms with Gasteiger partial charge in [-0.15, -0.1) is 11.3 Å². The molecule has 1 fully saturated rings. The van der Waals surface area contributed by atoms with Crippen molar-refractivity contribution >= 4 is 56.9 Å². The minimum atomic E-state index is -0.906. The van der Waals surface area contributed by atoms with E-state index in [9.17, 15) is 14.4 Å². The van der Waals surface area contributed by atoms with Crippen molar-refractivity contribution in [2.75, 3.05) is 11.9 Å². The molecule has 178 valence electrons.